The molecule has 124 valence electrons. The lowest BCUT2D eigenvalue weighted by molar-refractivity contribution is -0.131. The first-order valence-corrected chi connectivity index (χ1v) is 9.24. The average molecular weight is 306 g/mol. The van der Waals surface area contributed by atoms with Crippen molar-refractivity contribution in [2.45, 2.75) is 63.5 Å². The number of hydrogen-bond acceptors (Lipinski definition) is 3. The van der Waals surface area contributed by atoms with Gasteiger partial charge in [-0.2, -0.15) is 0 Å². The molecule has 0 radical (unpaired) electrons. The summed E-state index contributed by atoms with van der Waals surface area (Å²) in [7, 11) is 0. The Balaban J connectivity index is 1.39. The summed E-state index contributed by atoms with van der Waals surface area (Å²) < 4.78 is 0. The summed E-state index contributed by atoms with van der Waals surface area (Å²) in [4.78, 5) is 15.0. The van der Waals surface area contributed by atoms with Crippen molar-refractivity contribution < 1.29 is 9.90 Å². The van der Waals surface area contributed by atoms with Crippen LogP contribution in [0.5, 0.6) is 0 Å². The molecule has 4 heteroatoms. The molecule has 5 fully saturated rings. The van der Waals surface area contributed by atoms with Crippen molar-refractivity contribution in [1.29, 1.82) is 0 Å². The maximum absolute atomic E-state index is 12.8. The zero-order valence-electron chi connectivity index (χ0n) is 13.8. The predicted octanol–water partition coefficient (Wildman–Crippen LogP) is 1.77. The second-order valence-electron chi connectivity index (χ2n) is 8.70. The molecule has 22 heavy (non-hydrogen) atoms. The molecule has 4 nitrogen and oxygen atoms in total. The Hall–Kier alpha value is -0.610. The SMILES string of the molecule is CC(C(=O)NC12CC3CC(CC(C3)C1)C2)N1CCC(CO)C1. The van der Waals surface area contributed by atoms with E-state index in [-0.39, 0.29) is 24.1 Å². The fraction of sp³-hybridized carbons (Fsp3) is 0.944. The average Bonchev–Trinajstić information content (AvgIpc) is 2.93. The molecule has 5 aliphatic rings. The highest BCUT2D eigenvalue weighted by Gasteiger charge is 2.51. The molecule has 4 saturated carbocycles. The molecule has 0 aromatic rings. The van der Waals surface area contributed by atoms with Gasteiger partial charge in [-0.05, 0) is 82.1 Å². The number of carbonyl (C=O) groups excluding carboxylic acids is 1. The van der Waals surface area contributed by atoms with E-state index in [0.29, 0.717) is 5.92 Å². The minimum Gasteiger partial charge on any atom is -0.396 e. The summed E-state index contributed by atoms with van der Waals surface area (Å²) in [6, 6.07) is -0.0513. The molecule has 4 aliphatic carbocycles. The van der Waals surface area contributed by atoms with Crippen LogP contribution in [0.3, 0.4) is 0 Å². The second-order valence-corrected chi connectivity index (χ2v) is 8.70. The van der Waals surface area contributed by atoms with Gasteiger partial charge in [0.05, 0.1) is 6.04 Å². The predicted molar refractivity (Wildman–Crippen MR) is 85.3 cm³/mol. The fourth-order valence-electron chi connectivity index (χ4n) is 6.16. The summed E-state index contributed by atoms with van der Waals surface area (Å²) in [6.07, 6.45) is 8.91. The van der Waals surface area contributed by atoms with Crippen LogP contribution in [-0.2, 0) is 4.79 Å². The van der Waals surface area contributed by atoms with Crippen molar-refractivity contribution in [2.75, 3.05) is 19.7 Å². The van der Waals surface area contributed by atoms with Crippen LogP contribution in [-0.4, -0.2) is 47.2 Å². The number of hydrogen-bond donors (Lipinski definition) is 2. The van der Waals surface area contributed by atoms with Crippen molar-refractivity contribution in [2.24, 2.45) is 23.7 Å². The molecule has 0 spiro atoms. The highest BCUT2D eigenvalue weighted by molar-refractivity contribution is 5.82. The lowest BCUT2D eigenvalue weighted by Gasteiger charge is -2.57. The molecular formula is C18H30N2O2. The normalized spacial score (nSPS) is 45.2. The van der Waals surface area contributed by atoms with Crippen LogP contribution < -0.4 is 5.32 Å². The van der Waals surface area contributed by atoms with Crippen LogP contribution in [0.2, 0.25) is 0 Å². The van der Waals surface area contributed by atoms with Gasteiger partial charge in [-0.15, -0.1) is 0 Å². The van der Waals surface area contributed by atoms with Crippen LogP contribution in [0.4, 0.5) is 0 Å². The van der Waals surface area contributed by atoms with Crippen molar-refractivity contribution in [1.82, 2.24) is 10.2 Å². The molecule has 2 atom stereocenters. The van der Waals surface area contributed by atoms with Crippen LogP contribution in [0.1, 0.15) is 51.9 Å². The molecule has 1 saturated heterocycles. The van der Waals surface area contributed by atoms with Gasteiger partial charge in [0, 0.05) is 18.7 Å². The smallest absolute Gasteiger partial charge is 0.237 e. The molecule has 5 rings (SSSR count). The Kier molecular flexibility index (Phi) is 3.73. The van der Waals surface area contributed by atoms with Crippen molar-refractivity contribution in [3.8, 4) is 0 Å². The van der Waals surface area contributed by atoms with Gasteiger partial charge in [-0.25, -0.2) is 0 Å². The first kappa shape index (κ1) is 14.9. The Morgan fingerprint density at radius 3 is 2.32 bits per heavy atom. The van der Waals surface area contributed by atoms with E-state index in [4.69, 9.17) is 0 Å². The van der Waals surface area contributed by atoms with E-state index in [0.717, 1.165) is 37.3 Å². The lowest BCUT2D eigenvalue weighted by Crippen LogP contribution is -2.62. The molecule has 1 aliphatic heterocycles. The minimum atomic E-state index is -0.0513. The standard InChI is InChI=1S/C18H30N2O2/c1-12(20-3-2-13(10-20)11-21)17(22)19-18-7-14-4-15(8-18)6-16(5-14)9-18/h12-16,21H,2-11H2,1H3,(H,19,22). The van der Waals surface area contributed by atoms with E-state index in [9.17, 15) is 9.90 Å². The number of aliphatic hydroxyl groups is 1. The second kappa shape index (κ2) is 5.48. The summed E-state index contributed by atoms with van der Waals surface area (Å²) in [5, 5.41) is 12.8. The largest absolute Gasteiger partial charge is 0.396 e. The van der Waals surface area contributed by atoms with E-state index in [1.165, 1.54) is 38.5 Å². The van der Waals surface area contributed by atoms with Gasteiger partial charge in [0.25, 0.3) is 0 Å². The zero-order valence-corrected chi connectivity index (χ0v) is 13.8. The van der Waals surface area contributed by atoms with Gasteiger partial charge in [-0.3, -0.25) is 9.69 Å². The molecule has 1 heterocycles. The van der Waals surface area contributed by atoms with Gasteiger partial charge >= 0.3 is 0 Å². The maximum Gasteiger partial charge on any atom is 0.237 e. The van der Waals surface area contributed by atoms with Crippen LogP contribution >= 0.6 is 0 Å². The fourth-order valence-corrected chi connectivity index (χ4v) is 6.16. The molecule has 0 aromatic heterocycles. The van der Waals surface area contributed by atoms with E-state index < -0.39 is 0 Å². The first-order valence-electron chi connectivity index (χ1n) is 9.24. The summed E-state index contributed by atoms with van der Waals surface area (Å²) in [5.74, 6) is 3.18. The maximum atomic E-state index is 12.8. The van der Waals surface area contributed by atoms with E-state index >= 15 is 0 Å². The van der Waals surface area contributed by atoms with Gasteiger partial charge < -0.3 is 10.4 Å². The zero-order chi connectivity index (χ0) is 15.3. The van der Waals surface area contributed by atoms with Crippen LogP contribution in [0.25, 0.3) is 0 Å². The number of nitrogens with zero attached hydrogens (tertiary/aromatic N) is 1. The number of amides is 1. The van der Waals surface area contributed by atoms with Crippen LogP contribution in [0, 0.1) is 23.7 Å². The Labute approximate surface area is 133 Å². The number of nitrogens with one attached hydrogen (secondary N) is 1. The summed E-state index contributed by atoms with van der Waals surface area (Å²) in [5.41, 5.74) is 0.121. The monoisotopic (exact) mass is 306 g/mol. The Bertz CT molecular complexity index is 415. The summed E-state index contributed by atoms with van der Waals surface area (Å²) in [6.45, 7) is 4.10. The number of rotatable bonds is 4. The van der Waals surface area contributed by atoms with Gasteiger partial charge in [0.15, 0.2) is 0 Å². The third-order valence-corrected chi connectivity index (χ3v) is 6.93. The number of likely N-dealkylation sites (tertiary alicyclic amines) is 1. The van der Waals surface area contributed by atoms with Gasteiger partial charge in [-0.1, -0.05) is 0 Å². The van der Waals surface area contributed by atoms with Crippen molar-refractivity contribution >= 4 is 5.91 Å². The Morgan fingerprint density at radius 1 is 1.23 bits per heavy atom. The minimum absolute atomic E-state index is 0.0513. The number of aliphatic hydroxyl groups excluding tert-OH is 1. The van der Waals surface area contributed by atoms with E-state index in [2.05, 4.69) is 10.2 Å². The topological polar surface area (TPSA) is 52.6 Å². The highest BCUT2D eigenvalue weighted by Crippen LogP contribution is 2.55. The molecule has 0 aromatic carbocycles. The number of carbonyl (C=O) groups is 1. The Morgan fingerprint density at radius 2 is 1.82 bits per heavy atom. The third kappa shape index (κ3) is 2.58. The first-order chi connectivity index (χ1) is 10.6. The molecule has 1 amide bonds. The summed E-state index contributed by atoms with van der Waals surface area (Å²) >= 11 is 0. The quantitative estimate of drug-likeness (QED) is 0.832. The molecule has 2 unspecified atom stereocenters. The molecule has 2 N–H and O–H groups in total. The van der Waals surface area contributed by atoms with E-state index in [1.54, 1.807) is 0 Å². The van der Waals surface area contributed by atoms with Crippen molar-refractivity contribution in [3.05, 3.63) is 0 Å². The third-order valence-electron chi connectivity index (χ3n) is 6.93. The lowest BCUT2D eigenvalue weighted by atomic mass is 9.53. The molecular weight excluding hydrogens is 276 g/mol. The molecule has 4 bridgehead atoms. The highest BCUT2D eigenvalue weighted by atomic mass is 16.3. The van der Waals surface area contributed by atoms with Crippen LogP contribution in [0.15, 0.2) is 0 Å². The van der Waals surface area contributed by atoms with Crippen molar-refractivity contribution in [3.63, 3.8) is 0 Å². The van der Waals surface area contributed by atoms with Gasteiger partial charge in [0.1, 0.15) is 0 Å². The van der Waals surface area contributed by atoms with E-state index in [1.807, 2.05) is 6.92 Å². The van der Waals surface area contributed by atoms with Gasteiger partial charge in [0.2, 0.25) is 5.91 Å².